The third kappa shape index (κ3) is 3.82. The largest absolute Gasteiger partial charge is 0.334 e. The summed E-state index contributed by atoms with van der Waals surface area (Å²) in [4.78, 5) is 31.3. The zero-order valence-corrected chi connectivity index (χ0v) is 15.8. The molecule has 0 N–H and O–H groups in total. The van der Waals surface area contributed by atoms with Crippen LogP contribution in [-0.2, 0) is 0 Å². The van der Waals surface area contributed by atoms with E-state index in [0.717, 1.165) is 36.4 Å². The van der Waals surface area contributed by atoms with Crippen LogP contribution in [0.5, 0.6) is 0 Å². The van der Waals surface area contributed by atoms with Crippen LogP contribution in [0.15, 0.2) is 29.6 Å². The smallest absolute Gasteiger partial charge is 0.273 e. The zero-order valence-electron chi connectivity index (χ0n) is 15.0. The Morgan fingerprint density at radius 2 is 2.08 bits per heavy atom. The van der Waals surface area contributed by atoms with E-state index in [-0.39, 0.29) is 11.7 Å². The molecule has 1 amide bonds. The Labute approximate surface area is 152 Å². The highest BCUT2D eigenvalue weighted by Gasteiger charge is 2.31. The molecule has 0 spiro atoms. The Balaban J connectivity index is 1.84. The molecule has 2 heterocycles. The lowest BCUT2D eigenvalue weighted by molar-refractivity contribution is 0.0716. The third-order valence-corrected chi connectivity index (χ3v) is 5.52. The van der Waals surface area contributed by atoms with Gasteiger partial charge >= 0.3 is 0 Å². The predicted octanol–water partition coefficient (Wildman–Crippen LogP) is 4.66. The summed E-state index contributed by atoms with van der Waals surface area (Å²) in [5.74, 6) is 0.605. The zero-order chi connectivity index (χ0) is 18.0. The molecule has 132 valence electrons. The third-order valence-electron chi connectivity index (χ3n) is 4.64. The quantitative estimate of drug-likeness (QED) is 0.732. The molecule has 1 aromatic heterocycles. The van der Waals surface area contributed by atoms with E-state index in [1.807, 2.05) is 28.5 Å². The van der Waals surface area contributed by atoms with Crippen molar-refractivity contribution in [3.05, 3.63) is 40.9 Å². The van der Waals surface area contributed by atoms with Crippen molar-refractivity contribution < 1.29 is 9.59 Å². The summed E-state index contributed by atoms with van der Waals surface area (Å²) in [7, 11) is 0. The van der Waals surface area contributed by atoms with Gasteiger partial charge in [0.15, 0.2) is 5.78 Å². The minimum Gasteiger partial charge on any atom is -0.334 e. The molecule has 1 saturated heterocycles. The van der Waals surface area contributed by atoms with E-state index >= 15 is 0 Å². The van der Waals surface area contributed by atoms with E-state index in [1.165, 1.54) is 11.3 Å². The standard InChI is InChI=1S/C20H24N2O2S/c1-13(2)11-15-7-6-10-22(15)20(24)18-12-25-19(21-18)17-9-5-4-8-16(17)14(3)23/h4-5,8-9,12-13,15H,6-7,10-11H2,1-3H3. The van der Waals surface area contributed by atoms with Crippen molar-refractivity contribution in [3.8, 4) is 10.6 Å². The topological polar surface area (TPSA) is 50.3 Å². The monoisotopic (exact) mass is 356 g/mol. The van der Waals surface area contributed by atoms with Crippen LogP contribution in [0.3, 0.4) is 0 Å². The van der Waals surface area contributed by atoms with Gasteiger partial charge in [-0.25, -0.2) is 4.98 Å². The first-order valence-electron chi connectivity index (χ1n) is 8.84. The number of hydrogen-bond acceptors (Lipinski definition) is 4. The van der Waals surface area contributed by atoms with Gasteiger partial charge < -0.3 is 4.90 Å². The van der Waals surface area contributed by atoms with E-state index in [9.17, 15) is 9.59 Å². The van der Waals surface area contributed by atoms with Crippen LogP contribution in [0.25, 0.3) is 10.6 Å². The maximum atomic E-state index is 12.9. The van der Waals surface area contributed by atoms with Crippen LogP contribution in [-0.4, -0.2) is 34.2 Å². The fourth-order valence-corrected chi connectivity index (χ4v) is 4.34. The van der Waals surface area contributed by atoms with Gasteiger partial charge in [0.05, 0.1) is 0 Å². The number of carbonyl (C=O) groups is 2. The number of carbonyl (C=O) groups excluding carboxylic acids is 2. The Hall–Kier alpha value is -2.01. The first-order valence-corrected chi connectivity index (χ1v) is 9.72. The molecule has 25 heavy (non-hydrogen) atoms. The van der Waals surface area contributed by atoms with Crippen LogP contribution >= 0.6 is 11.3 Å². The van der Waals surface area contributed by atoms with Gasteiger partial charge in [-0.15, -0.1) is 11.3 Å². The molecule has 0 aliphatic carbocycles. The van der Waals surface area contributed by atoms with Crippen molar-refractivity contribution in [1.82, 2.24) is 9.88 Å². The second kappa shape index (κ2) is 7.48. The average molecular weight is 356 g/mol. The van der Waals surface area contributed by atoms with Gasteiger partial charge in [0.2, 0.25) is 0 Å². The van der Waals surface area contributed by atoms with Crippen LogP contribution in [0, 0.1) is 5.92 Å². The molecule has 2 aromatic rings. The number of benzene rings is 1. The number of hydrogen-bond donors (Lipinski definition) is 0. The summed E-state index contributed by atoms with van der Waals surface area (Å²) in [6.45, 7) is 6.76. The summed E-state index contributed by atoms with van der Waals surface area (Å²) in [5, 5.41) is 2.55. The lowest BCUT2D eigenvalue weighted by Crippen LogP contribution is -2.36. The van der Waals surface area contributed by atoms with E-state index < -0.39 is 0 Å². The molecule has 5 heteroatoms. The summed E-state index contributed by atoms with van der Waals surface area (Å²) < 4.78 is 0. The Morgan fingerprint density at radius 1 is 1.32 bits per heavy atom. The first-order chi connectivity index (χ1) is 12.0. The molecule has 4 nitrogen and oxygen atoms in total. The van der Waals surface area contributed by atoms with Gasteiger partial charge in [0, 0.05) is 29.1 Å². The highest BCUT2D eigenvalue weighted by Crippen LogP contribution is 2.30. The van der Waals surface area contributed by atoms with E-state index in [1.54, 1.807) is 13.0 Å². The molecule has 1 atom stereocenters. The van der Waals surface area contributed by atoms with E-state index in [2.05, 4.69) is 18.8 Å². The maximum absolute atomic E-state index is 12.9. The molecule has 1 aliphatic heterocycles. The van der Waals surface area contributed by atoms with Crippen molar-refractivity contribution >= 4 is 23.0 Å². The lowest BCUT2D eigenvalue weighted by Gasteiger charge is -2.25. The number of amides is 1. The van der Waals surface area contributed by atoms with Crippen LogP contribution in [0.1, 0.15) is 60.9 Å². The highest BCUT2D eigenvalue weighted by atomic mass is 32.1. The van der Waals surface area contributed by atoms with Gasteiger partial charge in [-0.2, -0.15) is 0 Å². The fourth-order valence-electron chi connectivity index (χ4n) is 3.51. The molecule has 0 bridgehead atoms. The first kappa shape index (κ1) is 17.8. The Bertz CT molecular complexity index is 782. The Kier molecular flexibility index (Phi) is 5.33. The van der Waals surface area contributed by atoms with Gasteiger partial charge in [-0.3, -0.25) is 9.59 Å². The minimum absolute atomic E-state index is 0.00946. The second-order valence-electron chi connectivity index (χ2n) is 7.06. The second-order valence-corrected chi connectivity index (χ2v) is 7.92. The predicted molar refractivity (Wildman–Crippen MR) is 101 cm³/mol. The molecule has 1 fully saturated rings. The minimum atomic E-state index is 0.00946. The Morgan fingerprint density at radius 3 is 2.80 bits per heavy atom. The number of Topliss-reactive ketones (excluding diaryl/α,β-unsaturated/α-hetero) is 1. The number of nitrogens with zero attached hydrogens (tertiary/aromatic N) is 2. The van der Waals surface area contributed by atoms with Gasteiger partial charge in [0.25, 0.3) is 5.91 Å². The van der Waals surface area contributed by atoms with Crippen molar-refractivity contribution in [2.24, 2.45) is 5.92 Å². The molecular formula is C20H24N2O2S. The van der Waals surface area contributed by atoms with Crippen molar-refractivity contribution in [2.45, 2.75) is 46.1 Å². The summed E-state index contributed by atoms with van der Waals surface area (Å²) in [6.07, 6.45) is 3.18. The van der Waals surface area contributed by atoms with Crippen LogP contribution in [0.2, 0.25) is 0 Å². The molecule has 0 radical (unpaired) electrons. The maximum Gasteiger partial charge on any atom is 0.273 e. The van der Waals surface area contributed by atoms with Crippen molar-refractivity contribution in [3.63, 3.8) is 0 Å². The molecular weight excluding hydrogens is 332 g/mol. The number of ketones is 1. The van der Waals surface area contributed by atoms with Gasteiger partial charge in [-0.05, 0) is 32.1 Å². The number of rotatable bonds is 5. The number of thiazole rings is 1. The summed E-state index contributed by atoms with van der Waals surface area (Å²) in [6, 6.07) is 7.76. The SMILES string of the molecule is CC(=O)c1ccccc1-c1nc(C(=O)N2CCCC2CC(C)C)cs1. The average Bonchev–Trinajstić information content (AvgIpc) is 3.23. The molecule has 1 aliphatic rings. The summed E-state index contributed by atoms with van der Waals surface area (Å²) in [5.41, 5.74) is 1.95. The normalized spacial score (nSPS) is 17.3. The van der Waals surface area contributed by atoms with Crippen molar-refractivity contribution in [1.29, 1.82) is 0 Å². The van der Waals surface area contributed by atoms with Gasteiger partial charge in [-0.1, -0.05) is 38.1 Å². The number of aromatic nitrogens is 1. The fraction of sp³-hybridized carbons (Fsp3) is 0.450. The molecule has 0 saturated carbocycles. The lowest BCUT2D eigenvalue weighted by atomic mass is 10.0. The van der Waals surface area contributed by atoms with Crippen LogP contribution in [0.4, 0.5) is 0 Å². The van der Waals surface area contributed by atoms with Gasteiger partial charge in [0.1, 0.15) is 10.7 Å². The van der Waals surface area contributed by atoms with Crippen LogP contribution < -0.4 is 0 Å². The molecule has 1 aromatic carbocycles. The molecule has 3 rings (SSSR count). The highest BCUT2D eigenvalue weighted by molar-refractivity contribution is 7.13. The van der Waals surface area contributed by atoms with Crippen molar-refractivity contribution in [2.75, 3.05) is 6.54 Å². The molecule has 1 unspecified atom stereocenters. The van der Waals surface area contributed by atoms with E-state index in [0.29, 0.717) is 23.2 Å². The van der Waals surface area contributed by atoms with E-state index in [4.69, 9.17) is 0 Å². The number of likely N-dealkylation sites (tertiary alicyclic amines) is 1. The summed E-state index contributed by atoms with van der Waals surface area (Å²) >= 11 is 1.43.